The third-order valence-corrected chi connectivity index (χ3v) is 6.30. The van der Waals surface area contributed by atoms with Crippen LogP contribution in [0, 0.1) is 0 Å². The molecule has 0 aromatic heterocycles. The van der Waals surface area contributed by atoms with Crippen molar-refractivity contribution in [2.24, 2.45) is 0 Å². The van der Waals surface area contributed by atoms with Crippen LogP contribution in [0.2, 0.25) is 0 Å². The van der Waals surface area contributed by atoms with Gasteiger partial charge in [-0.1, -0.05) is 117 Å². The summed E-state index contributed by atoms with van der Waals surface area (Å²) in [6.45, 7) is 9.44. The summed E-state index contributed by atoms with van der Waals surface area (Å²) in [5, 5.41) is 0. The lowest BCUT2D eigenvalue weighted by Gasteiger charge is -2.33. The molecule has 1 rings (SSSR count). The molecule has 0 fully saturated rings. The van der Waals surface area contributed by atoms with Crippen LogP contribution in [0.15, 0.2) is 12.4 Å². The fraction of sp³-hybridized carbons (Fsp3) is 0.923. The van der Waals surface area contributed by atoms with Gasteiger partial charge in [-0.05, 0) is 19.3 Å². The Balaban J connectivity index is 2.10. The maximum absolute atomic E-state index is 2.63. The van der Waals surface area contributed by atoms with Gasteiger partial charge in [0.15, 0.2) is 0 Å². The maximum Gasteiger partial charge on any atom is 0.101 e. The minimum Gasteiger partial charge on any atom is -0.356 e. The lowest BCUT2D eigenvalue weighted by atomic mass is 10.1. The van der Waals surface area contributed by atoms with Gasteiger partial charge in [-0.2, -0.15) is 0 Å². The molecule has 166 valence electrons. The molecule has 2 nitrogen and oxygen atoms in total. The molecule has 0 N–H and O–H groups in total. The van der Waals surface area contributed by atoms with Crippen LogP contribution in [-0.2, 0) is 0 Å². The van der Waals surface area contributed by atoms with Gasteiger partial charge in [0.1, 0.15) is 6.17 Å². The van der Waals surface area contributed by atoms with Crippen molar-refractivity contribution >= 4 is 0 Å². The van der Waals surface area contributed by atoms with E-state index >= 15 is 0 Å². The third kappa shape index (κ3) is 12.0. The van der Waals surface area contributed by atoms with E-state index in [4.69, 9.17) is 0 Å². The van der Waals surface area contributed by atoms with Crippen molar-refractivity contribution in [3.63, 3.8) is 0 Å². The molecule has 1 aliphatic rings. The van der Waals surface area contributed by atoms with E-state index in [1.54, 1.807) is 0 Å². The van der Waals surface area contributed by atoms with Crippen LogP contribution in [0.25, 0.3) is 0 Å². The summed E-state index contributed by atoms with van der Waals surface area (Å²) in [7, 11) is 0. The van der Waals surface area contributed by atoms with Crippen molar-refractivity contribution in [1.29, 1.82) is 0 Å². The van der Waals surface area contributed by atoms with Crippen molar-refractivity contribution in [1.82, 2.24) is 9.80 Å². The Labute approximate surface area is 178 Å². The highest BCUT2D eigenvalue weighted by atomic mass is 15.4. The van der Waals surface area contributed by atoms with Crippen LogP contribution in [0.4, 0.5) is 0 Å². The minimum absolute atomic E-state index is 0.638. The van der Waals surface area contributed by atoms with Crippen LogP contribution >= 0.6 is 0 Å². The number of unbranched alkanes of at least 4 members (excludes halogenated alkanes) is 14. The van der Waals surface area contributed by atoms with Gasteiger partial charge < -0.3 is 9.80 Å². The smallest absolute Gasteiger partial charge is 0.101 e. The van der Waals surface area contributed by atoms with Crippen LogP contribution in [0.3, 0.4) is 0 Å². The second-order valence-electron chi connectivity index (χ2n) is 8.99. The van der Waals surface area contributed by atoms with Gasteiger partial charge in [-0.25, -0.2) is 0 Å². The van der Waals surface area contributed by atoms with E-state index in [1.165, 1.54) is 129 Å². The van der Waals surface area contributed by atoms with E-state index in [9.17, 15) is 0 Å². The van der Waals surface area contributed by atoms with Gasteiger partial charge in [-0.3, -0.25) is 0 Å². The number of hydrogen-bond donors (Lipinski definition) is 0. The van der Waals surface area contributed by atoms with Crippen molar-refractivity contribution < 1.29 is 0 Å². The highest BCUT2D eigenvalue weighted by molar-refractivity contribution is 4.96. The standard InChI is InChI=1S/C26H52N2/c1-4-7-9-11-13-14-16-18-20-23-28-25-24-27(26(28)21-6-3)22-19-17-15-12-10-8-5-2/h24-26H,4-23H2,1-3H3. The van der Waals surface area contributed by atoms with Crippen molar-refractivity contribution in [3.05, 3.63) is 12.4 Å². The van der Waals surface area contributed by atoms with E-state index in [2.05, 4.69) is 43.0 Å². The average Bonchev–Trinajstić information content (AvgIpc) is 3.08. The number of rotatable bonds is 20. The predicted octanol–water partition coefficient (Wildman–Crippen LogP) is 8.48. The Hall–Kier alpha value is -0.660. The molecule has 1 atom stereocenters. The van der Waals surface area contributed by atoms with E-state index in [-0.39, 0.29) is 0 Å². The number of nitrogens with zero attached hydrogens (tertiary/aromatic N) is 2. The Kier molecular flexibility index (Phi) is 16.7. The van der Waals surface area contributed by atoms with E-state index < -0.39 is 0 Å². The Morgan fingerprint density at radius 2 is 0.821 bits per heavy atom. The largest absolute Gasteiger partial charge is 0.356 e. The second kappa shape index (κ2) is 18.4. The first-order chi connectivity index (χ1) is 13.8. The van der Waals surface area contributed by atoms with Crippen LogP contribution in [-0.4, -0.2) is 29.1 Å². The number of hydrogen-bond acceptors (Lipinski definition) is 2. The zero-order valence-corrected chi connectivity index (χ0v) is 19.8. The first-order valence-corrected chi connectivity index (χ1v) is 13.0. The fourth-order valence-corrected chi connectivity index (χ4v) is 4.45. The lowest BCUT2D eigenvalue weighted by molar-refractivity contribution is 0.138. The summed E-state index contributed by atoms with van der Waals surface area (Å²) in [6.07, 6.45) is 30.6. The van der Waals surface area contributed by atoms with Crippen molar-refractivity contribution in [3.8, 4) is 0 Å². The summed E-state index contributed by atoms with van der Waals surface area (Å²) >= 11 is 0. The molecule has 0 saturated carbocycles. The Morgan fingerprint density at radius 1 is 0.464 bits per heavy atom. The zero-order valence-electron chi connectivity index (χ0n) is 19.8. The Bertz CT molecular complexity index is 352. The molecule has 1 unspecified atom stereocenters. The highest BCUT2D eigenvalue weighted by Crippen LogP contribution is 2.22. The first-order valence-electron chi connectivity index (χ1n) is 13.0. The van der Waals surface area contributed by atoms with E-state index in [0.717, 1.165) is 0 Å². The summed E-state index contributed by atoms with van der Waals surface area (Å²) in [6, 6.07) is 0. The van der Waals surface area contributed by atoms with Gasteiger partial charge in [0.05, 0.1) is 0 Å². The molecule has 0 saturated heterocycles. The van der Waals surface area contributed by atoms with E-state index in [0.29, 0.717) is 6.17 Å². The molecule has 2 heteroatoms. The molecule has 0 aromatic rings. The monoisotopic (exact) mass is 392 g/mol. The topological polar surface area (TPSA) is 6.48 Å². The normalized spacial score (nSPS) is 16.5. The molecular formula is C26H52N2. The molecule has 0 radical (unpaired) electrons. The summed E-state index contributed by atoms with van der Waals surface area (Å²) in [5.41, 5.74) is 0. The summed E-state index contributed by atoms with van der Waals surface area (Å²) < 4.78 is 0. The molecular weight excluding hydrogens is 340 g/mol. The minimum atomic E-state index is 0.638. The third-order valence-electron chi connectivity index (χ3n) is 6.30. The first kappa shape index (κ1) is 25.4. The quantitative estimate of drug-likeness (QED) is 0.192. The maximum atomic E-state index is 2.63. The zero-order chi connectivity index (χ0) is 20.3. The van der Waals surface area contributed by atoms with Gasteiger partial charge in [0.2, 0.25) is 0 Å². The fourth-order valence-electron chi connectivity index (χ4n) is 4.45. The molecule has 28 heavy (non-hydrogen) atoms. The average molecular weight is 393 g/mol. The van der Waals surface area contributed by atoms with Crippen LogP contribution < -0.4 is 0 Å². The SMILES string of the molecule is CCCCCCCCCCCN1C=CN(CCCCCCCCC)C1CCC. The molecule has 1 heterocycles. The van der Waals surface area contributed by atoms with Gasteiger partial charge in [-0.15, -0.1) is 0 Å². The van der Waals surface area contributed by atoms with Gasteiger partial charge in [0.25, 0.3) is 0 Å². The molecule has 0 aromatic carbocycles. The Morgan fingerprint density at radius 3 is 1.18 bits per heavy atom. The molecule has 0 bridgehead atoms. The van der Waals surface area contributed by atoms with E-state index in [1.807, 2.05) is 0 Å². The lowest BCUT2D eigenvalue weighted by Crippen LogP contribution is -2.39. The van der Waals surface area contributed by atoms with Gasteiger partial charge in [0, 0.05) is 25.5 Å². The second-order valence-corrected chi connectivity index (χ2v) is 8.99. The van der Waals surface area contributed by atoms with Crippen molar-refractivity contribution in [2.75, 3.05) is 13.1 Å². The summed E-state index contributed by atoms with van der Waals surface area (Å²) in [5.74, 6) is 0. The van der Waals surface area contributed by atoms with Gasteiger partial charge >= 0.3 is 0 Å². The molecule has 0 spiro atoms. The molecule has 0 amide bonds. The van der Waals surface area contributed by atoms with Crippen LogP contribution in [0.5, 0.6) is 0 Å². The predicted molar refractivity (Wildman–Crippen MR) is 126 cm³/mol. The summed E-state index contributed by atoms with van der Waals surface area (Å²) in [4.78, 5) is 5.26. The molecule has 0 aliphatic carbocycles. The van der Waals surface area contributed by atoms with Crippen LogP contribution in [0.1, 0.15) is 136 Å². The highest BCUT2D eigenvalue weighted by Gasteiger charge is 2.24. The van der Waals surface area contributed by atoms with Crippen molar-refractivity contribution in [2.45, 2.75) is 143 Å². The molecule has 1 aliphatic heterocycles.